The first-order chi connectivity index (χ1) is 12.8. The zero-order valence-electron chi connectivity index (χ0n) is 16.2. The van der Waals surface area contributed by atoms with Gasteiger partial charge in [-0.2, -0.15) is 0 Å². The second kappa shape index (κ2) is 7.50. The lowest BCUT2D eigenvalue weighted by Crippen LogP contribution is -2.44. The van der Waals surface area contributed by atoms with Crippen molar-refractivity contribution in [3.63, 3.8) is 0 Å². The highest BCUT2D eigenvalue weighted by Crippen LogP contribution is 2.17. The Labute approximate surface area is 157 Å². The van der Waals surface area contributed by atoms with Crippen LogP contribution in [0.25, 0.3) is 10.9 Å². The molecule has 0 bridgehead atoms. The molecule has 0 atom stereocenters. The van der Waals surface area contributed by atoms with E-state index in [1.807, 2.05) is 27.7 Å². The number of hydrogen-bond donors (Lipinski definition) is 0. The molecule has 27 heavy (non-hydrogen) atoms. The standard InChI is InChI=1S/C20H25N3O4/c1-12(2)23(13(3)4)18(24)11-27-20(26)14-7-8-15-16(10-14)21-17-6-5-9-22(17)19(15)25/h7-8,10,12-13H,5-6,9,11H2,1-4H3. The highest BCUT2D eigenvalue weighted by Gasteiger charge is 2.22. The van der Waals surface area contributed by atoms with E-state index in [2.05, 4.69) is 4.98 Å². The van der Waals surface area contributed by atoms with Crippen molar-refractivity contribution in [2.24, 2.45) is 0 Å². The quantitative estimate of drug-likeness (QED) is 0.752. The first-order valence-corrected chi connectivity index (χ1v) is 9.31. The van der Waals surface area contributed by atoms with Crippen molar-refractivity contribution in [1.82, 2.24) is 14.5 Å². The van der Waals surface area contributed by atoms with Crippen LogP contribution in [0.4, 0.5) is 0 Å². The zero-order chi connectivity index (χ0) is 19.7. The molecule has 0 saturated heterocycles. The molecule has 0 unspecified atom stereocenters. The van der Waals surface area contributed by atoms with E-state index >= 15 is 0 Å². The van der Waals surface area contributed by atoms with Gasteiger partial charge in [-0.15, -0.1) is 0 Å². The fourth-order valence-electron chi connectivity index (χ4n) is 3.67. The molecule has 1 aliphatic heterocycles. The Morgan fingerprint density at radius 3 is 2.59 bits per heavy atom. The number of carbonyl (C=O) groups excluding carboxylic acids is 2. The number of rotatable bonds is 5. The van der Waals surface area contributed by atoms with Gasteiger partial charge in [0.2, 0.25) is 0 Å². The van der Waals surface area contributed by atoms with Gasteiger partial charge in [-0.3, -0.25) is 14.2 Å². The zero-order valence-corrected chi connectivity index (χ0v) is 16.2. The molecule has 2 heterocycles. The van der Waals surface area contributed by atoms with E-state index in [-0.39, 0.29) is 35.7 Å². The molecule has 0 saturated carbocycles. The summed E-state index contributed by atoms with van der Waals surface area (Å²) >= 11 is 0. The summed E-state index contributed by atoms with van der Waals surface area (Å²) in [5.74, 6) is -0.0823. The molecule has 0 spiro atoms. The molecule has 7 heteroatoms. The van der Waals surface area contributed by atoms with Gasteiger partial charge in [0.15, 0.2) is 6.61 Å². The van der Waals surface area contributed by atoms with Crippen LogP contribution in [0.5, 0.6) is 0 Å². The molecule has 2 aromatic rings. The summed E-state index contributed by atoms with van der Waals surface area (Å²) in [6.45, 7) is 8.06. The van der Waals surface area contributed by atoms with Crippen LogP contribution in [0.1, 0.15) is 50.3 Å². The van der Waals surface area contributed by atoms with Crippen LogP contribution < -0.4 is 5.56 Å². The Morgan fingerprint density at radius 1 is 1.22 bits per heavy atom. The van der Waals surface area contributed by atoms with Crippen molar-refractivity contribution < 1.29 is 14.3 Å². The van der Waals surface area contributed by atoms with Crippen molar-refractivity contribution in [3.05, 3.63) is 39.9 Å². The normalized spacial score (nSPS) is 13.3. The molecular weight excluding hydrogens is 346 g/mol. The maximum atomic E-state index is 12.5. The van der Waals surface area contributed by atoms with Crippen molar-refractivity contribution in [2.75, 3.05) is 6.61 Å². The molecule has 0 N–H and O–H groups in total. The fourth-order valence-corrected chi connectivity index (χ4v) is 3.67. The average molecular weight is 371 g/mol. The largest absolute Gasteiger partial charge is 0.452 e. The van der Waals surface area contributed by atoms with E-state index in [1.165, 1.54) is 0 Å². The summed E-state index contributed by atoms with van der Waals surface area (Å²) in [6.07, 6.45) is 1.66. The third-order valence-corrected chi connectivity index (χ3v) is 4.78. The van der Waals surface area contributed by atoms with Gasteiger partial charge in [-0.1, -0.05) is 0 Å². The number of benzene rings is 1. The van der Waals surface area contributed by atoms with Gasteiger partial charge in [0, 0.05) is 25.0 Å². The number of esters is 1. The van der Waals surface area contributed by atoms with E-state index in [1.54, 1.807) is 27.7 Å². The Balaban J connectivity index is 1.77. The summed E-state index contributed by atoms with van der Waals surface area (Å²) < 4.78 is 6.89. The minimum atomic E-state index is -0.597. The lowest BCUT2D eigenvalue weighted by molar-refractivity contribution is -0.138. The number of fused-ring (bicyclic) bond motifs is 2. The topological polar surface area (TPSA) is 81.5 Å². The molecule has 0 fully saturated rings. The van der Waals surface area contributed by atoms with Gasteiger partial charge in [-0.05, 0) is 52.3 Å². The SMILES string of the molecule is CC(C)N(C(=O)COC(=O)c1ccc2c(=O)n3c(nc2c1)CCC3)C(C)C. The second-order valence-electron chi connectivity index (χ2n) is 7.38. The van der Waals surface area contributed by atoms with E-state index < -0.39 is 5.97 Å². The summed E-state index contributed by atoms with van der Waals surface area (Å²) in [4.78, 5) is 43.4. The molecule has 0 radical (unpaired) electrons. The van der Waals surface area contributed by atoms with Gasteiger partial charge in [0.25, 0.3) is 11.5 Å². The smallest absolute Gasteiger partial charge is 0.338 e. The van der Waals surface area contributed by atoms with Gasteiger partial charge in [0.05, 0.1) is 16.5 Å². The van der Waals surface area contributed by atoms with E-state index in [9.17, 15) is 14.4 Å². The number of carbonyl (C=O) groups is 2. The first-order valence-electron chi connectivity index (χ1n) is 9.31. The first kappa shape index (κ1) is 19.1. The van der Waals surface area contributed by atoms with Crippen LogP contribution in [0.15, 0.2) is 23.0 Å². The summed E-state index contributed by atoms with van der Waals surface area (Å²) in [5, 5.41) is 0.485. The Kier molecular flexibility index (Phi) is 5.30. The molecule has 0 aliphatic carbocycles. The van der Waals surface area contributed by atoms with Crippen LogP contribution in [0.3, 0.4) is 0 Å². The summed E-state index contributed by atoms with van der Waals surface area (Å²) in [5.41, 5.74) is 0.692. The number of ether oxygens (including phenoxy) is 1. The van der Waals surface area contributed by atoms with E-state index in [0.717, 1.165) is 18.7 Å². The Bertz CT molecular complexity index is 938. The predicted molar refractivity (Wildman–Crippen MR) is 102 cm³/mol. The molecule has 144 valence electrons. The van der Waals surface area contributed by atoms with E-state index in [0.29, 0.717) is 17.4 Å². The molecule has 3 rings (SSSR count). The number of hydrogen-bond acceptors (Lipinski definition) is 5. The van der Waals surface area contributed by atoms with E-state index in [4.69, 9.17) is 4.74 Å². The van der Waals surface area contributed by atoms with Gasteiger partial charge in [-0.25, -0.2) is 9.78 Å². The van der Waals surface area contributed by atoms with Crippen LogP contribution in [0, 0.1) is 0 Å². The third-order valence-electron chi connectivity index (χ3n) is 4.78. The lowest BCUT2D eigenvalue weighted by Gasteiger charge is -2.30. The number of nitrogens with zero attached hydrogens (tertiary/aromatic N) is 3. The molecule has 1 aromatic carbocycles. The van der Waals surface area contributed by atoms with Gasteiger partial charge in [0.1, 0.15) is 5.82 Å². The predicted octanol–water partition coefficient (Wildman–Crippen LogP) is 2.14. The molecule has 7 nitrogen and oxygen atoms in total. The van der Waals surface area contributed by atoms with Crippen molar-refractivity contribution in [2.45, 2.75) is 59.2 Å². The van der Waals surface area contributed by atoms with Gasteiger partial charge < -0.3 is 9.64 Å². The Morgan fingerprint density at radius 2 is 1.93 bits per heavy atom. The number of amides is 1. The molecule has 1 amide bonds. The maximum Gasteiger partial charge on any atom is 0.338 e. The lowest BCUT2D eigenvalue weighted by atomic mass is 10.1. The van der Waals surface area contributed by atoms with Crippen LogP contribution in [-0.2, 0) is 22.5 Å². The third kappa shape index (κ3) is 3.72. The van der Waals surface area contributed by atoms with Crippen molar-refractivity contribution in [3.8, 4) is 0 Å². The van der Waals surface area contributed by atoms with Gasteiger partial charge >= 0.3 is 5.97 Å². The minimum absolute atomic E-state index is 0.0242. The molecular formula is C20H25N3O4. The summed E-state index contributed by atoms with van der Waals surface area (Å²) in [7, 11) is 0. The van der Waals surface area contributed by atoms with Crippen LogP contribution >= 0.6 is 0 Å². The molecule has 1 aliphatic rings. The van der Waals surface area contributed by atoms with Crippen LogP contribution in [0.2, 0.25) is 0 Å². The average Bonchev–Trinajstić information content (AvgIpc) is 3.07. The number of aryl methyl sites for hydroxylation is 1. The highest BCUT2D eigenvalue weighted by molar-refractivity contribution is 5.95. The summed E-state index contributed by atoms with van der Waals surface area (Å²) in [6, 6.07) is 4.75. The van der Waals surface area contributed by atoms with Crippen molar-refractivity contribution in [1.29, 1.82) is 0 Å². The number of aromatic nitrogens is 2. The Hall–Kier alpha value is -2.70. The van der Waals surface area contributed by atoms with Crippen LogP contribution in [-0.4, -0.2) is 45.0 Å². The fraction of sp³-hybridized carbons (Fsp3) is 0.500. The monoisotopic (exact) mass is 371 g/mol. The second-order valence-corrected chi connectivity index (χ2v) is 7.38. The molecule has 1 aromatic heterocycles. The highest BCUT2D eigenvalue weighted by atomic mass is 16.5. The maximum absolute atomic E-state index is 12.5. The van der Waals surface area contributed by atoms with Crippen molar-refractivity contribution >= 4 is 22.8 Å². The minimum Gasteiger partial charge on any atom is -0.452 e.